The maximum Gasteiger partial charge on any atom is 0.0251 e. The number of hydrogen-bond acceptors (Lipinski definition) is 1. The van der Waals surface area contributed by atoms with Gasteiger partial charge in [-0.05, 0) is 100 Å². The van der Waals surface area contributed by atoms with Crippen LogP contribution in [0.2, 0.25) is 0 Å². The standard InChI is InChI=1S/C12H18.C8H19OP.2BrH.Ru/c1-7-8(2)10(4)12(6)11(5)9(7)3;1-3-5-7-10(9)8-6-4-2;;;/h1-6H3;9H,3-8H2,1-2H3;2*1H;. The molecule has 0 saturated carbocycles. The van der Waals surface area contributed by atoms with E-state index < -0.39 is 8.15 Å². The molecule has 0 aliphatic rings. The molecule has 0 aromatic heterocycles. The monoisotopic (exact) mass is 586 g/mol. The third kappa shape index (κ3) is 12.3. The Morgan fingerprint density at radius 1 is 0.600 bits per heavy atom. The number of rotatable bonds is 6. The zero-order chi connectivity index (χ0) is 17.3. The summed E-state index contributed by atoms with van der Waals surface area (Å²) < 4.78 is 0. The summed E-state index contributed by atoms with van der Waals surface area (Å²) in [5.74, 6) is 0. The Labute approximate surface area is 192 Å². The largest absolute Gasteiger partial charge is 0.374 e. The van der Waals surface area contributed by atoms with Gasteiger partial charge in [-0.2, -0.15) is 0 Å². The molecular formula is C20H39Br2OPRu. The van der Waals surface area contributed by atoms with E-state index in [1.807, 2.05) is 0 Å². The first-order valence-corrected chi connectivity index (χ1v) is 10.4. The molecule has 1 N–H and O–H groups in total. The fraction of sp³-hybridized carbons (Fsp3) is 0.700. The summed E-state index contributed by atoms with van der Waals surface area (Å²) in [7, 11) is -0.592. The summed E-state index contributed by atoms with van der Waals surface area (Å²) in [4.78, 5) is 9.38. The molecule has 1 nitrogen and oxygen atoms in total. The molecule has 0 radical (unpaired) electrons. The van der Waals surface area contributed by atoms with E-state index in [1.54, 1.807) is 0 Å². The second kappa shape index (κ2) is 18.6. The van der Waals surface area contributed by atoms with Crippen molar-refractivity contribution in [3.05, 3.63) is 33.4 Å². The average Bonchev–Trinajstić information content (AvgIpc) is 2.53. The first kappa shape index (κ1) is 33.8. The third-order valence-electron chi connectivity index (χ3n) is 4.91. The molecule has 1 rings (SSSR count). The summed E-state index contributed by atoms with van der Waals surface area (Å²) in [5, 5.41) is 0. The van der Waals surface area contributed by atoms with Crippen molar-refractivity contribution in [2.45, 2.75) is 81.1 Å². The zero-order valence-corrected chi connectivity index (χ0v) is 23.4. The van der Waals surface area contributed by atoms with Crippen molar-refractivity contribution >= 4 is 42.1 Å². The number of unbranched alkanes of at least 4 members (excludes halogenated alkanes) is 2. The summed E-state index contributed by atoms with van der Waals surface area (Å²) in [5.41, 5.74) is 8.73. The van der Waals surface area contributed by atoms with Gasteiger partial charge in [0.2, 0.25) is 0 Å². The molecular weight excluding hydrogens is 548 g/mol. The van der Waals surface area contributed by atoms with Crippen LogP contribution in [-0.4, -0.2) is 17.2 Å². The summed E-state index contributed by atoms with van der Waals surface area (Å²) >= 11 is 0. The van der Waals surface area contributed by atoms with Crippen molar-refractivity contribution in [3.63, 3.8) is 0 Å². The molecule has 25 heavy (non-hydrogen) atoms. The van der Waals surface area contributed by atoms with Crippen molar-refractivity contribution in [1.29, 1.82) is 0 Å². The molecule has 0 unspecified atom stereocenters. The maximum atomic E-state index is 9.38. The van der Waals surface area contributed by atoms with E-state index in [0.717, 1.165) is 12.3 Å². The third-order valence-corrected chi connectivity index (χ3v) is 6.58. The van der Waals surface area contributed by atoms with Crippen molar-refractivity contribution in [2.24, 2.45) is 0 Å². The summed E-state index contributed by atoms with van der Waals surface area (Å²) in [6, 6.07) is 0. The van der Waals surface area contributed by atoms with Crippen molar-refractivity contribution in [1.82, 2.24) is 0 Å². The van der Waals surface area contributed by atoms with Crippen LogP contribution in [0.25, 0.3) is 0 Å². The van der Waals surface area contributed by atoms with Crippen LogP contribution in [0.1, 0.15) is 72.9 Å². The molecule has 1 aromatic carbocycles. The Hall–Kier alpha value is 1.19. The van der Waals surface area contributed by atoms with Gasteiger partial charge in [-0.15, -0.1) is 34.0 Å². The topological polar surface area (TPSA) is 20.2 Å². The molecule has 0 saturated heterocycles. The van der Waals surface area contributed by atoms with Crippen LogP contribution in [0.4, 0.5) is 0 Å². The predicted octanol–water partition coefficient (Wildman–Crippen LogP) is 7.67. The fourth-order valence-electron chi connectivity index (χ4n) is 2.48. The Kier molecular flexibility index (Phi) is 25.0. The van der Waals surface area contributed by atoms with Gasteiger partial charge in [-0.1, -0.05) is 26.7 Å². The van der Waals surface area contributed by atoms with Gasteiger partial charge in [-0.3, -0.25) is 0 Å². The first-order valence-electron chi connectivity index (χ1n) is 8.75. The predicted molar refractivity (Wildman–Crippen MR) is 124 cm³/mol. The van der Waals surface area contributed by atoms with Crippen molar-refractivity contribution < 1.29 is 24.4 Å². The van der Waals surface area contributed by atoms with Crippen LogP contribution in [0.5, 0.6) is 0 Å². The Balaban J connectivity index is -0.000000160. The van der Waals surface area contributed by atoms with Crippen LogP contribution in [0, 0.1) is 41.5 Å². The van der Waals surface area contributed by atoms with Crippen LogP contribution >= 0.6 is 42.1 Å². The van der Waals surface area contributed by atoms with Gasteiger partial charge in [0.1, 0.15) is 0 Å². The average molecular weight is 587 g/mol. The molecule has 0 aliphatic carbocycles. The van der Waals surface area contributed by atoms with E-state index in [1.165, 1.54) is 59.1 Å². The van der Waals surface area contributed by atoms with Crippen LogP contribution in [0.15, 0.2) is 0 Å². The van der Waals surface area contributed by atoms with E-state index in [9.17, 15) is 4.89 Å². The molecule has 0 atom stereocenters. The number of hydrogen-bond donors (Lipinski definition) is 1. The first-order chi connectivity index (χ1) is 10.3. The van der Waals surface area contributed by atoms with Gasteiger partial charge in [0.15, 0.2) is 0 Å². The van der Waals surface area contributed by atoms with Gasteiger partial charge in [0, 0.05) is 27.6 Å². The summed E-state index contributed by atoms with van der Waals surface area (Å²) in [6.45, 7) is 17.6. The maximum absolute atomic E-state index is 9.38. The zero-order valence-electron chi connectivity index (χ0n) is 17.3. The van der Waals surface area contributed by atoms with Crippen LogP contribution in [0.3, 0.4) is 0 Å². The molecule has 1 aromatic rings. The molecule has 0 bridgehead atoms. The van der Waals surface area contributed by atoms with Gasteiger partial charge >= 0.3 is 0 Å². The minimum atomic E-state index is -0.592. The normalized spacial score (nSPS) is 9.36. The minimum Gasteiger partial charge on any atom is -0.374 e. The molecule has 0 fully saturated rings. The molecule has 0 heterocycles. The SMILES string of the molecule is Br.Br.CCCCP(O)CCCC.Cc1c(C)c(C)c(C)c(C)c1C.[Ru]. The fourth-order valence-corrected chi connectivity index (χ4v) is 4.07. The number of benzene rings is 1. The van der Waals surface area contributed by atoms with Crippen molar-refractivity contribution in [2.75, 3.05) is 12.3 Å². The van der Waals surface area contributed by atoms with E-state index in [2.05, 4.69) is 55.4 Å². The van der Waals surface area contributed by atoms with E-state index >= 15 is 0 Å². The molecule has 152 valence electrons. The quantitative estimate of drug-likeness (QED) is 0.268. The second-order valence-corrected chi connectivity index (χ2v) is 8.32. The molecule has 0 aliphatic heterocycles. The Morgan fingerprint density at radius 3 is 0.960 bits per heavy atom. The Bertz CT molecular complexity index is 355. The molecule has 0 spiro atoms. The second-order valence-electron chi connectivity index (χ2n) is 6.41. The number of halogens is 2. The minimum absolute atomic E-state index is 0. The van der Waals surface area contributed by atoms with Crippen molar-refractivity contribution in [3.8, 4) is 0 Å². The molecule has 5 heteroatoms. The van der Waals surface area contributed by atoms with Gasteiger partial charge in [-0.25, -0.2) is 0 Å². The smallest absolute Gasteiger partial charge is 0.0251 e. The van der Waals surface area contributed by atoms with Gasteiger partial charge in [0.25, 0.3) is 0 Å². The van der Waals surface area contributed by atoms with E-state index in [4.69, 9.17) is 0 Å². The van der Waals surface area contributed by atoms with Crippen LogP contribution in [-0.2, 0) is 19.5 Å². The van der Waals surface area contributed by atoms with E-state index in [0.29, 0.717) is 0 Å². The summed E-state index contributed by atoms with van der Waals surface area (Å²) in [6.07, 6.45) is 6.95. The van der Waals surface area contributed by atoms with Gasteiger partial charge in [0.05, 0.1) is 0 Å². The van der Waals surface area contributed by atoms with E-state index in [-0.39, 0.29) is 53.4 Å². The Morgan fingerprint density at radius 2 is 0.800 bits per heavy atom. The van der Waals surface area contributed by atoms with Gasteiger partial charge < -0.3 is 4.89 Å². The molecule has 0 amide bonds. The van der Waals surface area contributed by atoms with Crippen LogP contribution < -0.4 is 0 Å².